The fraction of sp³-hybridized carbons (Fsp3) is 0.636. The van der Waals surface area contributed by atoms with E-state index in [1.54, 1.807) is 0 Å². The number of hydrogen-bond donors (Lipinski definition) is 1. The van der Waals surface area contributed by atoms with Gasteiger partial charge in [0.1, 0.15) is 0 Å². The van der Waals surface area contributed by atoms with Crippen LogP contribution in [0.1, 0.15) is 20.3 Å². The third-order valence-electron chi connectivity index (χ3n) is 1.91. The average molecular weight is 229 g/mol. The van der Waals surface area contributed by atoms with Crippen LogP contribution in [0.3, 0.4) is 0 Å². The summed E-state index contributed by atoms with van der Waals surface area (Å²) < 4.78 is 4.48. The summed E-state index contributed by atoms with van der Waals surface area (Å²) in [6.45, 7) is 3.99. The SMILES string of the molecule is COC(=O)CCN(CCO)C(=O)C=C(C)C. The lowest BCUT2D eigenvalue weighted by atomic mass is 10.3. The summed E-state index contributed by atoms with van der Waals surface area (Å²) in [6.07, 6.45) is 1.62. The van der Waals surface area contributed by atoms with Crippen molar-refractivity contribution in [2.45, 2.75) is 20.3 Å². The summed E-state index contributed by atoms with van der Waals surface area (Å²) in [7, 11) is 1.30. The van der Waals surface area contributed by atoms with Gasteiger partial charge < -0.3 is 14.7 Å². The van der Waals surface area contributed by atoms with Gasteiger partial charge in [0.25, 0.3) is 0 Å². The van der Waals surface area contributed by atoms with E-state index in [9.17, 15) is 9.59 Å². The number of aliphatic hydroxyl groups is 1. The Kier molecular flexibility index (Phi) is 7.20. The van der Waals surface area contributed by atoms with E-state index in [2.05, 4.69) is 4.74 Å². The second kappa shape index (κ2) is 7.87. The van der Waals surface area contributed by atoms with Gasteiger partial charge in [0.2, 0.25) is 5.91 Å². The summed E-state index contributed by atoms with van der Waals surface area (Å²) in [5.41, 5.74) is 0.881. The molecule has 0 aliphatic heterocycles. The number of carbonyl (C=O) groups excluding carboxylic acids is 2. The maximum atomic E-state index is 11.6. The molecule has 92 valence electrons. The molecule has 0 atom stereocenters. The summed E-state index contributed by atoms with van der Waals surface area (Å²) in [5.74, 6) is -0.564. The van der Waals surface area contributed by atoms with E-state index in [1.807, 2.05) is 13.8 Å². The second-order valence-electron chi connectivity index (χ2n) is 3.60. The van der Waals surface area contributed by atoms with Gasteiger partial charge >= 0.3 is 5.97 Å². The number of esters is 1. The Morgan fingerprint density at radius 1 is 1.31 bits per heavy atom. The van der Waals surface area contributed by atoms with Crippen LogP contribution in [0.15, 0.2) is 11.6 Å². The normalized spacial score (nSPS) is 9.50. The maximum Gasteiger partial charge on any atom is 0.307 e. The Morgan fingerprint density at radius 3 is 2.38 bits per heavy atom. The molecule has 0 aliphatic carbocycles. The largest absolute Gasteiger partial charge is 0.469 e. The zero-order chi connectivity index (χ0) is 12.6. The molecule has 5 nitrogen and oxygen atoms in total. The molecule has 0 aromatic carbocycles. The maximum absolute atomic E-state index is 11.6. The monoisotopic (exact) mass is 229 g/mol. The van der Waals surface area contributed by atoms with Crippen molar-refractivity contribution >= 4 is 11.9 Å². The molecule has 16 heavy (non-hydrogen) atoms. The fourth-order valence-corrected chi connectivity index (χ4v) is 1.12. The van der Waals surface area contributed by atoms with E-state index in [0.29, 0.717) is 0 Å². The van der Waals surface area contributed by atoms with Crippen LogP contribution < -0.4 is 0 Å². The Morgan fingerprint density at radius 2 is 1.94 bits per heavy atom. The summed E-state index contributed by atoms with van der Waals surface area (Å²) in [6, 6.07) is 0. The zero-order valence-corrected chi connectivity index (χ0v) is 10.0. The molecule has 0 saturated carbocycles. The van der Waals surface area contributed by atoms with Crippen molar-refractivity contribution in [1.82, 2.24) is 4.90 Å². The van der Waals surface area contributed by atoms with Gasteiger partial charge in [0.15, 0.2) is 0 Å². The quantitative estimate of drug-likeness (QED) is 0.526. The van der Waals surface area contributed by atoms with Gasteiger partial charge in [-0.2, -0.15) is 0 Å². The molecule has 0 heterocycles. The molecule has 0 unspecified atom stereocenters. The highest BCUT2D eigenvalue weighted by Gasteiger charge is 2.12. The summed E-state index contributed by atoms with van der Waals surface area (Å²) in [5, 5.41) is 8.81. The predicted molar refractivity (Wildman–Crippen MR) is 59.7 cm³/mol. The Hall–Kier alpha value is -1.36. The third-order valence-corrected chi connectivity index (χ3v) is 1.91. The molecule has 5 heteroatoms. The highest BCUT2D eigenvalue weighted by molar-refractivity contribution is 5.88. The molecular weight excluding hydrogens is 210 g/mol. The lowest BCUT2D eigenvalue weighted by Gasteiger charge is -2.19. The lowest BCUT2D eigenvalue weighted by Crippen LogP contribution is -2.34. The molecule has 0 aromatic heterocycles. The van der Waals surface area contributed by atoms with E-state index in [4.69, 9.17) is 5.11 Å². The highest BCUT2D eigenvalue weighted by atomic mass is 16.5. The molecule has 0 aliphatic rings. The summed E-state index contributed by atoms with van der Waals surface area (Å²) in [4.78, 5) is 24.0. The highest BCUT2D eigenvalue weighted by Crippen LogP contribution is 1.98. The molecular formula is C11H19NO4. The van der Waals surface area contributed by atoms with Gasteiger partial charge in [-0.15, -0.1) is 0 Å². The number of allylic oxidation sites excluding steroid dienone is 1. The third kappa shape index (κ3) is 6.19. The van der Waals surface area contributed by atoms with E-state index in [-0.39, 0.29) is 38.0 Å². The first-order chi connectivity index (χ1) is 7.51. The minimum Gasteiger partial charge on any atom is -0.469 e. The van der Waals surface area contributed by atoms with E-state index < -0.39 is 0 Å². The van der Waals surface area contributed by atoms with Crippen LogP contribution >= 0.6 is 0 Å². The van der Waals surface area contributed by atoms with Crippen molar-refractivity contribution in [1.29, 1.82) is 0 Å². The predicted octanol–water partition coefficient (Wildman–Crippen LogP) is 0.337. The number of nitrogens with zero attached hydrogens (tertiary/aromatic N) is 1. The van der Waals surface area contributed by atoms with Crippen molar-refractivity contribution in [2.24, 2.45) is 0 Å². The van der Waals surface area contributed by atoms with Gasteiger partial charge in [-0.25, -0.2) is 0 Å². The van der Waals surface area contributed by atoms with Crippen molar-refractivity contribution in [2.75, 3.05) is 26.8 Å². The number of rotatable bonds is 6. The molecule has 0 radical (unpaired) electrons. The fourth-order valence-electron chi connectivity index (χ4n) is 1.12. The van der Waals surface area contributed by atoms with Crippen molar-refractivity contribution in [3.63, 3.8) is 0 Å². The summed E-state index contributed by atoms with van der Waals surface area (Å²) >= 11 is 0. The van der Waals surface area contributed by atoms with E-state index >= 15 is 0 Å². The second-order valence-corrected chi connectivity index (χ2v) is 3.60. The van der Waals surface area contributed by atoms with Gasteiger partial charge in [-0.05, 0) is 13.8 Å². The number of carbonyl (C=O) groups is 2. The molecule has 0 bridgehead atoms. The average Bonchev–Trinajstić information content (AvgIpc) is 2.22. The van der Waals surface area contributed by atoms with Crippen molar-refractivity contribution < 1.29 is 19.4 Å². The van der Waals surface area contributed by atoms with Gasteiger partial charge in [0, 0.05) is 19.2 Å². The standard InChI is InChI=1S/C11H19NO4/c1-9(2)8-10(14)12(6-7-13)5-4-11(15)16-3/h8,13H,4-7H2,1-3H3. The van der Waals surface area contributed by atoms with E-state index in [1.165, 1.54) is 18.1 Å². The number of methoxy groups -OCH3 is 1. The zero-order valence-electron chi connectivity index (χ0n) is 10.0. The number of aliphatic hydroxyl groups excluding tert-OH is 1. The molecule has 1 amide bonds. The van der Waals surface area contributed by atoms with Gasteiger partial charge in [-0.3, -0.25) is 9.59 Å². The first-order valence-corrected chi connectivity index (χ1v) is 5.12. The van der Waals surface area contributed by atoms with Crippen molar-refractivity contribution in [3.8, 4) is 0 Å². The van der Waals surface area contributed by atoms with Crippen LogP contribution in [-0.2, 0) is 14.3 Å². The lowest BCUT2D eigenvalue weighted by molar-refractivity contribution is -0.141. The van der Waals surface area contributed by atoms with Crippen LogP contribution in [0.2, 0.25) is 0 Å². The first kappa shape index (κ1) is 14.6. The number of ether oxygens (including phenoxy) is 1. The van der Waals surface area contributed by atoms with Crippen LogP contribution in [-0.4, -0.2) is 48.7 Å². The molecule has 0 fully saturated rings. The minimum absolute atomic E-state index is 0.122. The smallest absolute Gasteiger partial charge is 0.307 e. The molecule has 1 N–H and O–H groups in total. The molecule has 0 spiro atoms. The van der Waals surface area contributed by atoms with Gasteiger partial charge in [0.05, 0.1) is 20.1 Å². The van der Waals surface area contributed by atoms with Crippen LogP contribution in [0.25, 0.3) is 0 Å². The van der Waals surface area contributed by atoms with E-state index in [0.717, 1.165) is 5.57 Å². The van der Waals surface area contributed by atoms with Crippen LogP contribution in [0.4, 0.5) is 0 Å². The van der Waals surface area contributed by atoms with Gasteiger partial charge in [-0.1, -0.05) is 5.57 Å². The van der Waals surface area contributed by atoms with Crippen molar-refractivity contribution in [3.05, 3.63) is 11.6 Å². The topological polar surface area (TPSA) is 66.8 Å². The molecule has 0 saturated heterocycles. The first-order valence-electron chi connectivity index (χ1n) is 5.12. The number of amides is 1. The van der Waals surface area contributed by atoms with Crippen LogP contribution in [0, 0.1) is 0 Å². The Balaban J connectivity index is 4.31. The Bertz CT molecular complexity index is 269. The molecule has 0 rings (SSSR count). The van der Waals surface area contributed by atoms with Crippen LogP contribution in [0.5, 0.6) is 0 Å². The Labute approximate surface area is 95.7 Å². The molecule has 0 aromatic rings. The number of hydrogen-bond acceptors (Lipinski definition) is 4. The minimum atomic E-state index is -0.368.